The lowest BCUT2D eigenvalue weighted by molar-refractivity contribution is 0.402. The summed E-state index contributed by atoms with van der Waals surface area (Å²) >= 11 is 0. The second-order valence-corrected chi connectivity index (χ2v) is 3.09. The molecule has 0 bridgehead atoms. The lowest BCUT2D eigenvalue weighted by Gasteiger charge is -2.06. The van der Waals surface area contributed by atoms with Gasteiger partial charge in [-0.3, -0.25) is 0 Å². The van der Waals surface area contributed by atoms with Gasteiger partial charge in [0.2, 0.25) is 0 Å². The summed E-state index contributed by atoms with van der Waals surface area (Å²) in [5.74, 6) is 1.66. The Morgan fingerprint density at radius 1 is 1.27 bits per heavy atom. The SMILES string of the molecule is COc1ccc(OC)c(/C=C/CCN)c1. The third-order valence-corrected chi connectivity index (χ3v) is 2.07. The predicted octanol–water partition coefficient (Wildman–Crippen LogP) is 2.07. The Morgan fingerprint density at radius 2 is 2.07 bits per heavy atom. The molecule has 0 saturated heterocycles. The summed E-state index contributed by atoms with van der Waals surface area (Å²) < 4.78 is 10.4. The van der Waals surface area contributed by atoms with E-state index in [0.717, 1.165) is 23.5 Å². The van der Waals surface area contributed by atoms with Crippen molar-refractivity contribution < 1.29 is 9.47 Å². The molecule has 0 unspecified atom stereocenters. The highest BCUT2D eigenvalue weighted by Gasteiger charge is 2.00. The zero-order chi connectivity index (χ0) is 11.1. The number of rotatable bonds is 5. The van der Waals surface area contributed by atoms with E-state index >= 15 is 0 Å². The minimum atomic E-state index is 0.656. The third kappa shape index (κ3) is 3.29. The van der Waals surface area contributed by atoms with Gasteiger partial charge in [-0.15, -0.1) is 0 Å². The van der Waals surface area contributed by atoms with E-state index in [1.165, 1.54) is 0 Å². The maximum absolute atomic E-state index is 5.41. The van der Waals surface area contributed by atoms with Gasteiger partial charge in [-0.05, 0) is 31.2 Å². The number of hydrogen-bond acceptors (Lipinski definition) is 3. The van der Waals surface area contributed by atoms with Crippen LogP contribution in [0.15, 0.2) is 24.3 Å². The summed E-state index contributed by atoms with van der Waals surface area (Å²) in [5.41, 5.74) is 6.42. The van der Waals surface area contributed by atoms with Crippen LogP contribution in [0.1, 0.15) is 12.0 Å². The van der Waals surface area contributed by atoms with Crippen LogP contribution in [0.2, 0.25) is 0 Å². The molecule has 0 aromatic heterocycles. The molecule has 0 aliphatic carbocycles. The minimum Gasteiger partial charge on any atom is -0.497 e. The number of methoxy groups -OCH3 is 2. The van der Waals surface area contributed by atoms with Crippen LogP contribution >= 0.6 is 0 Å². The molecule has 0 heterocycles. The fourth-order valence-corrected chi connectivity index (χ4v) is 1.28. The Hall–Kier alpha value is -1.48. The van der Waals surface area contributed by atoms with Gasteiger partial charge in [0.15, 0.2) is 0 Å². The highest BCUT2D eigenvalue weighted by molar-refractivity contribution is 5.59. The Kier molecular flexibility index (Phi) is 4.71. The van der Waals surface area contributed by atoms with Crippen molar-refractivity contribution in [3.05, 3.63) is 29.8 Å². The third-order valence-electron chi connectivity index (χ3n) is 2.07. The smallest absolute Gasteiger partial charge is 0.126 e. The Morgan fingerprint density at radius 3 is 2.67 bits per heavy atom. The van der Waals surface area contributed by atoms with E-state index in [9.17, 15) is 0 Å². The van der Waals surface area contributed by atoms with Crippen molar-refractivity contribution in [1.29, 1.82) is 0 Å². The molecule has 0 aliphatic heterocycles. The Bertz CT molecular complexity index is 334. The van der Waals surface area contributed by atoms with E-state index in [2.05, 4.69) is 0 Å². The molecule has 1 rings (SSSR count). The summed E-state index contributed by atoms with van der Waals surface area (Å²) in [5, 5.41) is 0. The predicted molar refractivity (Wildman–Crippen MR) is 62.3 cm³/mol. The van der Waals surface area contributed by atoms with Crippen LogP contribution in [-0.2, 0) is 0 Å². The zero-order valence-electron chi connectivity index (χ0n) is 9.19. The number of benzene rings is 1. The Balaban J connectivity index is 2.90. The summed E-state index contributed by atoms with van der Waals surface area (Å²) in [6, 6.07) is 5.70. The van der Waals surface area contributed by atoms with Crippen LogP contribution in [-0.4, -0.2) is 20.8 Å². The van der Waals surface area contributed by atoms with Crippen LogP contribution in [0, 0.1) is 0 Å². The van der Waals surface area contributed by atoms with Gasteiger partial charge < -0.3 is 15.2 Å². The molecule has 0 spiro atoms. The molecule has 15 heavy (non-hydrogen) atoms. The van der Waals surface area contributed by atoms with E-state index in [-0.39, 0.29) is 0 Å². The van der Waals surface area contributed by atoms with Crippen LogP contribution < -0.4 is 15.2 Å². The van der Waals surface area contributed by atoms with E-state index in [4.69, 9.17) is 15.2 Å². The second kappa shape index (κ2) is 6.09. The van der Waals surface area contributed by atoms with Gasteiger partial charge in [0, 0.05) is 5.56 Å². The highest BCUT2D eigenvalue weighted by atomic mass is 16.5. The second-order valence-electron chi connectivity index (χ2n) is 3.09. The summed E-state index contributed by atoms with van der Waals surface area (Å²) in [6.45, 7) is 0.656. The fourth-order valence-electron chi connectivity index (χ4n) is 1.28. The van der Waals surface area contributed by atoms with Crippen molar-refractivity contribution in [2.24, 2.45) is 5.73 Å². The normalized spacial score (nSPS) is 10.6. The molecule has 0 aliphatic rings. The summed E-state index contributed by atoms with van der Waals surface area (Å²) in [7, 11) is 3.30. The topological polar surface area (TPSA) is 44.5 Å². The molecule has 0 amide bonds. The van der Waals surface area contributed by atoms with Gasteiger partial charge >= 0.3 is 0 Å². The van der Waals surface area contributed by atoms with Gasteiger partial charge in [-0.25, -0.2) is 0 Å². The van der Waals surface area contributed by atoms with Crippen LogP contribution in [0.3, 0.4) is 0 Å². The van der Waals surface area contributed by atoms with Crippen molar-refractivity contribution in [3.63, 3.8) is 0 Å². The van der Waals surface area contributed by atoms with Crippen molar-refractivity contribution >= 4 is 6.08 Å². The van der Waals surface area contributed by atoms with Crippen LogP contribution in [0.25, 0.3) is 6.08 Å². The first-order valence-electron chi connectivity index (χ1n) is 4.90. The van der Waals surface area contributed by atoms with Crippen molar-refractivity contribution in [1.82, 2.24) is 0 Å². The van der Waals surface area contributed by atoms with Crippen molar-refractivity contribution in [3.8, 4) is 11.5 Å². The average Bonchev–Trinajstić information content (AvgIpc) is 2.29. The van der Waals surface area contributed by atoms with Crippen LogP contribution in [0.5, 0.6) is 11.5 Å². The molecule has 1 aromatic carbocycles. The molecule has 0 fully saturated rings. The fraction of sp³-hybridized carbons (Fsp3) is 0.333. The average molecular weight is 207 g/mol. The molecule has 3 nitrogen and oxygen atoms in total. The monoisotopic (exact) mass is 207 g/mol. The van der Waals surface area contributed by atoms with Crippen molar-refractivity contribution in [2.45, 2.75) is 6.42 Å². The lowest BCUT2D eigenvalue weighted by atomic mass is 10.1. The first-order chi connectivity index (χ1) is 7.31. The van der Waals surface area contributed by atoms with E-state index < -0.39 is 0 Å². The van der Waals surface area contributed by atoms with E-state index in [1.54, 1.807) is 14.2 Å². The molecule has 3 heteroatoms. The maximum Gasteiger partial charge on any atom is 0.126 e. The zero-order valence-corrected chi connectivity index (χ0v) is 9.19. The lowest BCUT2D eigenvalue weighted by Crippen LogP contribution is -1.95. The molecule has 82 valence electrons. The first kappa shape index (κ1) is 11.6. The number of hydrogen-bond donors (Lipinski definition) is 1. The maximum atomic E-state index is 5.41. The summed E-state index contributed by atoms with van der Waals surface area (Å²) in [4.78, 5) is 0. The summed E-state index contributed by atoms with van der Waals surface area (Å²) in [6.07, 6.45) is 4.88. The number of ether oxygens (including phenoxy) is 2. The van der Waals surface area contributed by atoms with Gasteiger partial charge in [-0.1, -0.05) is 12.2 Å². The molecule has 0 atom stereocenters. The quantitative estimate of drug-likeness (QED) is 0.803. The molecule has 2 N–H and O–H groups in total. The molecule has 0 radical (unpaired) electrons. The van der Waals surface area contributed by atoms with E-state index in [1.807, 2.05) is 30.4 Å². The van der Waals surface area contributed by atoms with Gasteiger partial charge in [-0.2, -0.15) is 0 Å². The van der Waals surface area contributed by atoms with Gasteiger partial charge in [0.05, 0.1) is 14.2 Å². The van der Waals surface area contributed by atoms with E-state index in [0.29, 0.717) is 6.54 Å². The largest absolute Gasteiger partial charge is 0.497 e. The minimum absolute atomic E-state index is 0.656. The molecular weight excluding hydrogens is 190 g/mol. The highest BCUT2D eigenvalue weighted by Crippen LogP contribution is 2.25. The number of nitrogens with two attached hydrogens (primary N) is 1. The van der Waals surface area contributed by atoms with Gasteiger partial charge in [0.1, 0.15) is 11.5 Å². The Labute approximate surface area is 90.5 Å². The molecule has 0 saturated carbocycles. The van der Waals surface area contributed by atoms with Gasteiger partial charge in [0.25, 0.3) is 0 Å². The molecule has 1 aromatic rings. The molecular formula is C12H17NO2. The standard InChI is InChI=1S/C12H17NO2/c1-14-11-6-7-12(15-2)10(9-11)5-3-4-8-13/h3,5-7,9H,4,8,13H2,1-2H3/b5-3+. The first-order valence-corrected chi connectivity index (χ1v) is 4.90. The van der Waals surface area contributed by atoms with Crippen molar-refractivity contribution in [2.75, 3.05) is 20.8 Å². The van der Waals surface area contributed by atoms with Crippen LogP contribution in [0.4, 0.5) is 0 Å².